The van der Waals surface area contributed by atoms with Crippen LogP contribution in [-0.2, 0) is 14.3 Å². The highest BCUT2D eigenvalue weighted by atomic mass is 19.1. The Hall–Kier alpha value is -3.69. The molecule has 10 heteroatoms. The SMILES string of the molecule is O=C(COC(=O)c1cc(F)cc(F)c1)NNC(=O)[C@H]1COc2ccccc2O1. The van der Waals surface area contributed by atoms with Gasteiger partial charge in [0.15, 0.2) is 18.1 Å². The van der Waals surface area contributed by atoms with Crippen molar-refractivity contribution in [1.29, 1.82) is 0 Å². The molecule has 1 aliphatic rings. The summed E-state index contributed by atoms with van der Waals surface area (Å²) in [5, 5.41) is 0. The predicted molar refractivity (Wildman–Crippen MR) is 89.3 cm³/mol. The molecule has 0 fully saturated rings. The van der Waals surface area contributed by atoms with E-state index in [2.05, 4.69) is 10.2 Å². The van der Waals surface area contributed by atoms with E-state index in [0.717, 1.165) is 12.1 Å². The highest BCUT2D eigenvalue weighted by Gasteiger charge is 2.27. The summed E-state index contributed by atoms with van der Waals surface area (Å²) < 4.78 is 41.6. The average Bonchev–Trinajstić information content (AvgIpc) is 2.69. The van der Waals surface area contributed by atoms with Crippen molar-refractivity contribution in [3.63, 3.8) is 0 Å². The van der Waals surface area contributed by atoms with E-state index in [9.17, 15) is 23.2 Å². The monoisotopic (exact) mass is 392 g/mol. The van der Waals surface area contributed by atoms with Crippen LogP contribution < -0.4 is 20.3 Å². The van der Waals surface area contributed by atoms with Crippen LogP contribution >= 0.6 is 0 Å². The highest BCUT2D eigenvalue weighted by molar-refractivity contribution is 5.91. The number of hydrogen-bond acceptors (Lipinski definition) is 6. The Bertz CT molecular complexity index is 900. The van der Waals surface area contributed by atoms with E-state index in [1.165, 1.54) is 0 Å². The molecule has 0 saturated carbocycles. The maximum Gasteiger partial charge on any atom is 0.338 e. The van der Waals surface area contributed by atoms with Crippen LogP contribution in [0, 0.1) is 11.6 Å². The van der Waals surface area contributed by atoms with Gasteiger partial charge in [-0.05, 0) is 24.3 Å². The van der Waals surface area contributed by atoms with Crippen molar-refractivity contribution >= 4 is 17.8 Å². The van der Waals surface area contributed by atoms with Gasteiger partial charge in [-0.1, -0.05) is 12.1 Å². The number of amides is 2. The summed E-state index contributed by atoms with van der Waals surface area (Å²) in [6.45, 7) is -0.832. The molecule has 2 aromatic rings. The van der Waals surface area contributed by atoms with Crippen molar-refractivity contribution < 1.29 is 37.4 Å². The third kappa shape index (κ3) is 4.72. The smallest absolute Gasteiger partial charge is 0.338 e. The summed E-state index contributed by atoms with van der Waals surface area (Å²) in [6.07, 6.45) is -0.993. The number of para-hydroxylation sites is 2. The van der Waals surface area contributed by atoms with Crippen molar-refractivity contribution in [2.24, 2.45) is 0 Å². The lowest BCUT2D eigenvalue weighted by atomic mass is 10.2. The summed E-state index contributed by atoms with van der Waals surface area (Å²) in [6, 6.07) is 8.90. The fraction of sp³-hybridized carbons (Fsp3) is 0.167. The summed E-state index contributed by atoms with van der Waals surface area (Å²) in [4.78, 5) is 35.4. The molecule has 0 spiro atoms. The molecule has 0 bridgehead atoms. The van der Waals surface area contributed by atoms with Crippen molar-refractivity contribution in [1.82, 2.24) is 10.9 Å². The molecule has 8 nitrogen and oxygen atoms in total. The van der Waals surface area contributed by atoms with Crippen molar-refractivity contribution in [3.8, 4) is 11.5 Å². The molecule has 2 aromatic carbocycles. The number of ether oxygens (including phenoxy) is 3. The second-order valence-corrected chi connectivity index (χ2v) is 5.64. The van der Waals surface area contributed by atoms with Crippen LogP contribution in [0.15, 0.2) is 42.5 Å². The first-order valence-corrected chi connectivity index (χ1v) is 8.03. The highest BCUT2D eigenvalue weighted by Crippen LogP contribution is 2.30. The molecule has 0 aromatic heterocycles. The Balaban J connectivity index is 1.44. The Morgan fingerprint density at radius 3 is 2.43 bits per heavy atom. The molecule has 1 heterocycles. The molecule has 1 atom stereocenters. The standard InChI is InChI=1S/C18H14F2N2O6/c19-11-5-10(6-12(20)7-11)18(25)27-9-16(23)21-22-17(24)15-8-26-13-3-1-2-4-14(13)28-15/h1-7,15H,8-9H2,(H,21,23)(H,22,24)/t15-/m1/s1. The largest absolute Gasteiger partial charge is 0.485 e. The van der Waals surface area contributed by atoms with E-state index in [1.807, 2.05) is 5.43 Å². The van der Waals surface area contributed by atoms with Gasteiger partial charge in [0.2, 0.25) is 6.10 Å². The van der Waals surface area contributed by atoms with Gasteiger partial charge in [-0.2, -0.15) is 0 Å². The van der Waals surface area contributed by atoms with Gasteiger partial charge in [0, 0.05) is 6.07 Å². The molecule has 3 rings (SSSR count). The van der Waals surface area contributed by atoms with Crippen LogP contribution in [0.3, 0.4) is 0 Å². The summed E-state index contributed by atoms with van der Waals surface area (Å²) >= 11 is 0. The number of carbonyl (C=O) groups excluding carboxylic acids is 3. The van der Waals surface area contributed by atoms with Crippen LogP contribution in [0.25, 0.3) is 0 Å². The quantitative estimate of drug-likeness (QED) is 0.597. The lowest BCUT2D eigenvalue weighted by Gasteiger charge is -2.25. The van der Waals surface area contributed by atoms with Gasteiger partial charge in [-0.25, -0.2) is 13.6 Å². The number of rotatable bonds is 4. The minimum atomic E-state index is -1.10. The molecule has 0 saturated heterocycles. The zero-order valence-electron chi connectivity index (χ0n) is 14.2. The lowest BCUT2D eigenvalue weighted by Crippen LogP contribution is -2.51. The van der Waals surface area contributed by atoms with E-state index in [1.54, 1.807) is 24.3 Å². The number of halogens is 2. The van der Waals surface area contributed by atoms with Crippen LogP contribution in [0.1, 0.15) is 10.4 Å². The molecular formula is C18H14F2N2O6. The molecule has 0 unspecified atom stereocenters. The number of carbonyl (C=O) groups is 3. The number of hydrogen-bond donors (Lipinski definition) is 2. The molecule has 0 radical (unpaired) electrons. The average molecular weight is 392 g/mol. The molecule has 1 aliphatic heterocycles. The van der Waals surface area contributed by atoms with Gasteiger partial charge in [-0.15, -0.1) is 0 Å². The first-order chi connectivity index (χ1) is 13.4. The Morgan fingerprint density at radius 2 is 1.71 bits per heavy atom. The normalized spacial score (nSPS) is 14.7. The lowest BCUT2D eigenvalue weighted by molar-refractivity contribution is -0.135. The van der Waals surface area contributed by atoms with Gasteiger partial charge < -0.3 is 14.2 Å². The van der Waals surface area contributed by atoms with E-state index in [0.29, 0.717) is 17.6 Å². The molecule has 0 aliphatic carbocycles. The van der Waals surface area contributed by atoms with Crippen molar-refractivity contribution in [2.75, 3.05) is 13.2 Å². The minimum absolute atomic E-state index is 0.0567. The molecule has 2 N–H and O–H groups in total. The number of benzene rings is 2. The summed E-state index contributed by atoms with van der Waals surface area (Å²) in [5.41, 5.74) is 3.76. The summed E-state index contributed by atoms with van der Waals surface area (Å²) in [7, 11) is 0. The van der Waals surface area contributed by atoms with E-state index in [-0.39, 0.29) is 12.2 Å². The number of esters is 1. The summed E-state index contributed by atoms with van der Waals surface area (Å²) in [5.74, 6) is -3.68. The Kier molecular flexibility index (Phi) is 5.68. The molecule has 2 amide bonds. The second-order valence-electron chi connectivity index (χ2n) is 5.64. The van der Waals surface area contributed by atoms with E-state index in [4.69, 9.17) is 9.47 Å². The van der Waals surface area contributed by atoms with Crippen LogP contribution in [0.5, 0.6) is 11.5 Å². The van der Waals surface area contributed by atoms with Gasteiger partial charge in [0.1, 0.15) is 18.2 Å². The molecule has 146 valence electrons. The third-order valence-electron chi connectivity index (χ3n) is 3.56. The van der Waals surface area contributed by atoms with Crippen LogP contribution in [-0.4, -0.2) is 37.1 Å². The first kappa shape index (κ1) is 19.1. The first-order valence-electron chi connectivity index (χ1n) is 8.03. The maximum absolute atomic E-state index is 13.1. The number of hydrazine groups is 1. The van der Waals surface area contributed by atoms with E-state index < -0.39 is 42.1 Å². The van der Waals surface area contributed by atoms with E-state index >= 15 is 0 Å². The zero-order valence-corrected chi connectivity index (χ0v) is 14.2. The molecular weight excluding hydrogens is 378 g/mol. The van der Waals surface area contributed by atoms with Crippen LogP contribution in [0.2, 0.25) is 0 Å². The Labute approximate surface area is 157 Å². The minimum Gasteiger partial charge on any atom is -0.485 e. The van der Waals surface area contributed by atoms with Crippen LogP contribution in [0.4, 0.5) is 8.78 Å². The number of nitrogens with one attached hydrogen (secondary N) is 2. The van der Waals surface area contributed by atoms with Gasteiger partial charge in [-0.3, -0.25) is 20.4 Å². The zero-order chi connectivity index (χ0) is 20.1. The Morgan fingerprint density at radius 1 is 1.04 bits per heavy atom. The predicted octanol–water partition coefficient (Wildman–Crippen LogP) is 1.11. The fourth-order valence-corrected chi connectivity index (χ4v) is 2.28. The molecule has 28 heavy (non-hydrogen) atoms. The topological polar surface area (TPSA) is 103 Å². The van der Waals surface area contributed by atoms with Crippen molar-refractivity contribution in [3.05, 3.63) is 59.7 Å². The second kappa shape index (κ2) is 8.33. The van der Waals surface area contributed by atoms with Gasteiger partial charge >= 0.3 is 5.97 Å². The third-order valence-corrected chi connectivity index (χ3v) is 3.56. The fourth-order valence-electron chi connectivity index (χ4n) is 2.28. The van der Waals surface area contributed by atoms with Crippen molar-refractivity contribution in [2.45, 2.75) is 6.10 Å². The van der Waals surface area contributed by atoms with Gasteiger partial charge in [0.05, 0.1) is 5.56 Å². The van der Waals surface area contributed by atoms with Gasteiger partial charge in [0.25, 0.3) is 11.8 Å². The maximum atomic E-state index is 13.1. The number of fused-ring (bicyclic) bond motifs is 1.